The summed E-state index contributed by atoms with van der Waals surface area (Å²) in [5.74, 6) is -0.717. The van der Waals surface area contributed by atoms with Gasteiger partial charge < -0.3 is 4.74 Å². The van der Waals surface area contributed by atoms with Crippen molar-refractivity contribution in [1.82, 2.24) is 0 Å². The summed E-state index contributed by atoms with van der Waals surface area (Å²) in [5, 5.41) is 10.5. The number of benzene rings is 1. The summed E-state index contributed by atoms with van der Waals surface area (Å²) in [6.07, 6.45) is -4.81. The van der Waals surface area contributed by atoms with Gasteiger partial charge in [0.1, 0.15) is 5.75 Å². The minimum absolute atomic E-state index is 0.150. The SMILES string of the molecule is CC(C)c1cc([N+](=O)[O-])ccc1OC(F)(F)F. The summed E-state index contributed by atoms with van der Waals surface area (Å²) >= 11 is 0. The van der Waals surface area contributed by atoms with E-state index in [0.717, 1.165) is 18.2 Å². The third-order valence-corrected chi connectivity index (χ3v) is 2.05. The number of rotatable bonds is 3. The van der Waals surface area contributed by atoms with E-state index in [1.807, 2.05) is 0 Å². The standard InChI is InChI=1S/C10H10F3NO3/c1-6(2)8-5-7(14(15)16)3-4-9(8)17-10(11,12)13/h3-6H,1-2H3. The van der Waals surface area contributed by atoms with E-state index in [-0.39, 0.29) is 17.2 Å². The number of ether oxygens (including phenoxy) is 1. The highest BCUT2D eigenvalue weighted by Gasteiger charge is 2.32. The van der Waals surface area contributed by atoms with Gasteiger partial charge in [0.15, 0.2) is 0 Å². The molecule has 0 saturated carbocycles. The van der Waals surface area contributed by atoms with Gasteiger partial charge in [0.05, 0.1) is 4.92 Å². The maximum Gasteiger partial charge on any atom is 0.573 e. The monoisotopic (exact) mass is 249 g/mol. The first kappa shape index (κ1) is 13.3. The van der Waals surface area contributed by atoms with Gasteiger partial charge in [-0.15, -0.1) is 13.2 Å². The molecule has 0 spiro atoms. The number of hydrogen-bond donors (Lipinski definition) is 0. The zero-order valence-corrected chi connectivity index (χ0v) is 9.12. The van der Waals surface area contributed by atoms with Crippen LogP contribution in [0.15, 0.2) is 18.2 Å². The normalized spacial score (nSPS) is 11.6. The van der Waals surface area contributed by atoms with Gasteiger partial charge in [0, 0.05) is 17.7 Å². The van der Waals surface area contributed by atoms with Crippen LogP contribution in [0.4, 0.5) is 18.9 Å². The molecule has 1 aromatic carbocycles. The second-order valence-electron chi connectivity index (χ2n) is 3.68. The molecule has 0 aromatic heterocycles. The van der Waals surface area contributed by atoms with Crippen molar-refractivity contribution in [2.45, 2.75) is 26.1 Å². The minimum atomic E-state index is -4.81. The summed E-state index contributed by atoms with van der Waals surface area (Å²) in [6, 6.07) is 3.03. The third-order valence-electron chi connectivity index (χ3n) is 2.05. The van der Waals surface area contributed by atoms with Gasteiger partial charge in [-0.05, 0) is 12.0 Å². The molecule has 0 unspecified atom stereocenters. The molecule has 0 aliphatic heterocycles. The summed E-state index contributed by atoms with van der Waals surface area (Å²) in [5.41, 5.74) is -0.111. The van der Waals surface area contributed by atoms with E-state index < -0.39 is 17.0 Å². The van der Waals surface area contributed by atoms with E-state index in [9.17, 15) is 23.3 Å². The second-order valence-corrected chi connectivity index (χ2v) is 3.68. The van der Waals surface area contributed by atoms with Gasteiger partial charge in [0.25, 0.3) is 5.69 Å². The quantitative estimate of drug-likeness (QED) is 0.607. The Morgan fingerprint density at radius 3 is 2.35 bits per heavy atom. The Balaban J connectivity index is 3.18. The van der Waals surface area contributed by atoms with Crippen LogP contribution in [0.1, 0.15) is 25.3 Å². The molecule has 0 radical (unpaired) electrons. The van der Waals surface area contributed by atoms with E-state index in [0.29, 0.717) is 0 Å². The van der Waals surface area contributed by atoms with Crippen LogP contribution in [0.3, 0.4) is 0 Å². The molecule has 0 aliphatic carbocycles. The zero-order valence-electron chi connectivity index (χ0n) is 9.12. The molecular weight excluding hydrogens is 239 g/mol. The van der Waals surface area contributed by atoms with Gasteiger partial charge in [-0.25, -0.2) is 0 Å². The van der Waals surface area contributed by atoms with Gasteiger partial charge >= 0.3 is 6.36 Å². The number of non-ortho nitro benzene ring substituents is 1. The van der Waals surface area contributed by atoms with Crippen molar-refractivity contribution in [1.29, 1.82) is 0 Å². The van der Waals surface area contributed by atoms with Crippen LogP contribution in [0.5, 0.6) is 5.75 Å². The molecule has 94 valence electrons. The van der Waals surface area contributed by atoms with Crippen molar-refractivity contribution in [3.05, 3.63) is 33.9 Å². The lowest BCUT2D eigenvalue weighted by Crippen LogP contribution is -2.18. The van der Waals surface area contributed by atoms with Crippen molar-refractivity contribution in [3.63, 3.8) is 0 Å². The molecule has 0 heterocycles. The molecule has 1 rings (SSSR count). The lowest BCUT2D eigenvalue weighted by molar-refractivity contribution is -0.385. The largest absolute Gasteiger partial charge is 0.573 e. The third kappa shape index (κ3) is 3.61. The molecule has 0 atom stereocenters. The van der Waals surface area contributed by atoms with E-state index in [1.54, 1.807) is 13.8 Å². The Morgan fingerprint density at radius 1 is 1.35 bits per heavy atom. The van der Waals surface area contributed by atoms with Crippen molar-refractivity contribution in [3.8, 4) is 5.75 Å². The van der Waals surface area contributed by atoms with Crippen molar-refractivity contribution >= 4 is 5.69 Å². The van der Waals surface area contributed by atoms with Crippen LogP contribution in [0, 0.1) is 10.1 Å². The number of nitro groups is 1. The highest BCUT2D eigenvalue weighted by molar-refractivity contribution is 5.45. The molecular formula is C10H10F3NO3. The molecule has 7 heteroatoms. The first-order valence-corrected chi connectivity index (χ1v) is 4.75. The first-order chi connectivity index (χ1) is 7.70. The van der Waals surface area contributed by atoms with E-state index in [4.69, 9.17) is 0 Å². The van der Waals surface area contributed by atoms with E-state index in [1.165, 1.54) is 0 Å². The van der Waals surface area contributed by atoms with Crippen LogP contribution in [0.25, 0.3) is 0 Å². The van der Waals surface area contributed by atoms with Crippen LogP contribution < -0.4 is 4.74 Å². The van der Waals surface area contributed by atoms with Crippen molar-refractivity contribution in [2.75, 3.05) is 0 Å². The van der Waals surface area contributed by atoms with Crippen LogP contribution in [-0.4, -0.2) is 11.3 Å². The average Bonchev–Trinajstić information content (AvgIpc) is 2.14. The molecule has 0 bridgehead atoms. The number of nitrogens with zero attached hydrogens (tertiary/aromatic N) is 1. The number of hydrogen-bond acceptors (Lipinski definition) is 3. The van der Waals surface area contributed by atoms with Crippen LogP contribution in [-0.2, 0) is 0 Å². The Morgan fingerprint density at radius 2 is 1.94 bits per heavy atom. The maximum absolute atomic E-state index is 12.1. The highest BCUT2D eigenvalue weighted by atomic mass is 19.4. The van der Waals surface area contributed by atoms with Gasteiger partial charge in [-0.1, -0.05) is 13.8 Å². The predicted octanol–water partition coefficient (Wildman–Crippen LogP) is 3.62. The van der Waals surface area contributed by atoms with Crippen molar-refractivity contribution < 1.29 is 22.8 Å². The van der Waals surface area contributed by atoms with E-state index >= 15 is 0 Å². The molecule has 17 heavy (non-hydrogen) atoms. The fraction of sp³-hybridized carbons (Fsp3) is 0.400. The molecule has 4 nitrogen and oxygen atoms in total. The van der Waals surface area contributed by atoms with Gasteiger partial charge in [-0.2, -0.15) is 0 Å². The summed E-state index contributed by atoms with van der Waals surface area (Å²) in [4.78, 5) is 9.85. The summed E-state index contributed by atoms with van der Waals surface area (Å²) in [6.45, 7) is 3.25. The molecule has 0 aliphatic rings. The van der Waals surface area contributed by atoms with Crippen molar-refractivity contribution in [2.24, 2.45) is 0 Å². The van der Waals surface area contributed by atoms with Crippen LogP contribution in [0.2, 0.25) is 0 Å². The Labute approximate surface area is 95.2 Å². The fourth-order valence-electron chi connectivity index (χ4n) is 1.32. The molecule has 0 amide bonds. The minimum Gasteiger partial charge on any atom is -0.405 e. The Bertz CT molecular complexity index is 429. The molecule has 1 aromatic rings. The van der Waals surface area contributed by atoms with Gasteiger partial charge in [0.2, 0.25) is 0 Å². The second kappa shape index (κ2) is 4.60. The average molecular weight is 249 g/mol. The number of alkyl halides is 3. The molecule has 0 fully saturated rings. The lowest BCUT2D eigenvalue weighted by atomic mass is 10.0. The van der Waals surface area contributed by atoms with Crippen LogP contribution >= 0.6 is 0 Å². The Hall–Kier alpha value is -1.79. The Kier molecular flexibility index (Phi) is 3.59. The zero-order chi connectivity index (χ0) is 13.2. The number of halogens is 3. The summed E-state index contributed by atoms with van der Waals surface area (Å²) < 4.78 is 40.1. The maximum atomic E-state index is 12.1. The predicted molar refractivity (Wildman–Crippen MR) is 53.9 cm³/mol. The smallest absolute Gasteiger partial charge is 0.405 e. The van der Waals surface area contributed by atoms with Gasteiger partial charge in [-0.3, -0.25) is 10.1 Å². The summed E-state index contributed by atoms with van der Waals surface area (Å²) in [7, 11) is 0. The molecule has 0 saturated heterocycles. The number of nitro benzene ring substituents is 1. The lowest BCUT2D eigenvalue weighted by Gasteiger charge is -2.14. The first-order valence-electron chi connectivity index (χ1n) is 4.75. The highest BCUT2D eigenvalue weighted by Crippen LogP contribution is 2.33. The fourth-order valence-corrected chi connectivity index (χ4v) is 1.32. The van der Waals surface area contributed by atoms with E-state index in [2.05, 4.69) is 4.74 Å². The topological polar surface area (TPSA) is 52.4 Å². The molecule has 0 N–H and O–H groups in total.